The fraction of sp³-hybridized carbons (Fsp3) is 0.444. The Hall–Kier alpha value is -0.900. The minimum Gasteiger partial charge on any atom is -0.375 e. The average molecular weight is 509 g/mol. The minimum atomic E-state index is 0. The van der Waals surface area contributed by atoms with Crippen molar-refractivity contribution >= 4 is 52.9 Å². The van der Waals surface area contributed by atoms with Gasteiger partial charge >= 0.3 is 0 Å². The molecule has 8 heteroatoms. The summed E-state index contributed by atoms with van der Waals surface area (Å²) in [5, 5.41) is 7.21. The SMILES string of the molecule is CN=C(NCCc1cccc(Cl)c1)N(C)Cc1csc(C(C)OC)n1.I. The lowest BCUT2D eigenvalue weighted by Crippen LogP contribution is -2.39. The van der Waals surface area contributed by atoms with E-state index >= 15 is 0 Å². The van der Waals surface area contributed by atoms with Crippen LogP contribution < -0.4 is 5.32 Å². The van der Waals surface area contributed by atoms with E-state index in [0.717, 1.165) is 34.6 Å². The molecular formula is C18H26ClIN4OS. The van der Waals surface area contributed by atoms with Gasteiger partial charge in [-0.05, 0) is 31.0 Å². The van der Waals surface area contributed by atoms with Gasteiger partial charge in [0.1, 0.15) is 11.1 Å². The van der Waals surface area contributed by atoms with Gasteiger partial charge in [-0.25, -0.2) is 4.98 Å². The van der Waals surface area contributed by atoms with Crippen molar-refractivity contribution in [3.05, 3.63) is 50.9 Å². The van der Waals surface area contributed by atoms with Crippen LogP contribution in [0.2, 0.25) is 5.02 Å². The zero-order chi connectivity index (χ0) is 18.2. The maximum absolute atomic E-state index is 6.02. The maximum Gasteiger partial charge on any atom is 0.193 e. The van der Waals surface area contributed by atoms with Gasteiger partial charge in [0, 0.05) is 38.2 Å². The van der Waals surface area contributed by atoms with Crippen molar-refractivity contribution in [3.8, 4) is 0 Å². The molecule has 26 heavy (non-hydrogen) atoms. The van der Waals surface area contributed by atoms with Gasteiger partial charge in [-0.15, -0.1) is 35.3 Å². The summed E-state index contributed by atoms with van der Waals surface area (Å²) in [6.45, 7) is 3.49. The molecule has 0 bridgehead atoms. The van der Waals surface area contributed by atoms with Gasteiger partial charge in [-0.3, -0.25) is 4.99 Å². The second-order valence-corrected chi connectivity index (χ2v) is 7.09. The highest BCUT2D eigenvalue weighted by Crippen LogP contribution is 2.20. The molecule has 0 aliphatic carbocycles. The van der Waals surface area contributed by atoms with Crippen molar-refractivity contribution in [3.63, 3.8) is 0 Å². The van der Waals surface area contributed by atoms with Crippen LogP contribution in [0.1, 0.15) is 29.3 Å². The molecule has 1 atom stereocenters. The molecule has 0 saturated heterocycles. The molecule has 0 spiro atoms. The van der Waals surface area contributed by atoms with E-state index < -0.39 is 0 Å². The molecule has 0 radical (unpaired) electrons. The molecule has 0 amide bonds. The molecule has 0 fully saturated rings. The number of halogens is 2. The van der Waals surface area contributed by atoms with Crippen LogP contribution >= 0.6 is 46.9 Å². The number of aromatic nitrogens is 1. The average Bonchev–Trinajstić information content (AvgIpc) is 3.06. The van der Waals surface area contributed by atoms with E-state index in [1.165, 1.54) is 5.56 Å². The largest absolute Gasteiger partial charge is 0.375 e. The van der Waals surface area contributed by atoms with Crippen LogP contribution in [0, 0.1) is 0 Å². The van der Waals surface area contributed by atoms with Crippen molar-refractivity contribution in [2.24, 2.45) is 4.99 Å². The molecule has 1 unspecified atom stereocenters. The molecule has 1 aromatic heterocycles. The summed E-state index contributed by atoms with van der Waals surface area (Å²) in [5.41, 5.74) is 2.22. The van der Waals surface area contributed by atoms with Crippen LogP contribution in [0.25, 0.3) is 0 Å². The molecule has 0 aliphatic rings. The highest BCUT2D eigenvalue weighted by atomic mass is 127. The quantitative estimate of drug-likeness (QED) is 0.343. The second-order valence-electron chi connectivity index (χ2n) is 5.76. The van der Waals surface area contributed by atoms with Crippen LogP contribution in [-0.2, 0) is 17.7 Å². The number of nitrogens with zero attached hydrogens (tertiary/aromatic N) is 3. The number of benzene rings is 1. The molecule has 0 aliphatic heterocycles. The fourth-order valence-corrected chi connectivity index (χ4v) is 3.45. The molecule has 1 heterocycles. The van der Waals surface area contributed by atoms with Crippen molar-refractivity contribution in [2.45, 2.75) is 26.0 Å². The molecule has 2 aromatic rings. The van der Waals surface area contributed by atoms with Gasteiger partial charge in [0.15, 0.2) is 5.96 Å². The molecule has 1 aromatic carbocycles. The Labute approximate surface area is 181 Å². The Balaban J connectivity index is 0.00000338. The lowest BCUT2D eigenvalue weighted by atomic mass is 10.1. The van der Waals surface area contributed by atoms with E-state index in [2.05, 4.69) is 31.6 Å². The third kappa shape index (κ3) is 7.02. The topological polar surface area (TPSA) is 49.8 Å². The Bertz CT molecular complexity index is 710. The van der Waals surface area contributed by atoms with Gasteiger partial charge in [-0.2, -0.15) is 0 Å². The Morgan fingerprint density at radius 2 is 2.23 bits per heavy atom. The summed E-state index contributed by atoms with van der Waals surface area (Å²) in [4.78, 5) is 11.0. The molecule has 2 rings (SSSR count). The first kappa shape index (κ1) is 23.1. The van der Waals surface area contributed by atoms with Crippen molar-refractivity contribution in [1.29, 1.82) is 0 Å². The predicted molar refractivity (Wildman–Crippen MR) is 121 cm³/mol. The molecule has 144 valence electrons. The molecular weight excluding hydrogens is 483 g/mol. The Kier molecular flexibility index (Phi) is 10.4. The van der Waals surface area contributed by atoms with E-state index in [-0.39, 0.29) is 30.1 Å². The number of rotatable bonds is 7. The molecule has 1 N–H and O–H groups in total. The van der Waals surface area contributed by atoms with Crippen molar-refractivity contribution in [1.82, 2.24) is 15.2 Å². The number of ether oxygens (including phenoxy) is 1. The highest BCUT2D eigenvalue weighted by Gasteiger charge is 2.12. The number of aliphatic imine (C=N–C) groups is 1. The summed E-state index contributed by atoms with van der Waals surface area (Å²) in [7, 11) is 5.49. The van der Waals surface area contributed by atoms with E-state index in [9.17, 15) is 0 Å². The zero-order valence-electron chi connectivity index (χ0n) is 15.5. The highest BCUT2D eigenvalue weighted by molar-refractivity contribution is 14.0. The summed E-state index contributed by atoms with van der Waals surface area (Å²) in [5.74, 6) is 0.844. The summed E-state index contributed by atoms with van der Waals surface area (Å²) in [6.07, 6.45) is 0.916. The van der Waals surface area contributed by atoms with E-state index in [0.29, 0.717) is 6.54 Å². The first-order chi connectivity index (χ1) is 12.0. The summed E-state index contributed by atoms with van der Waals surface area (Å²) in [6, 6.07) is 7.93. The van der Waals surface area contributed by atoms with Gasteiger partial charge in [0.05, 0.1) is 12.2 Å². The molecule has 0 saturated carbocycles. The fourth-order valence-electron chi connectivity index (χ4n) is 2.40. The van der Waals surface area contributed by atoms with Crippen molar-refractivity contribution in [2.75, 3.05) is 27.7 Å². The zero-order valence-corrected chi connectivity index (χ0v) is 19.4. The standard InChI is InChI=1S/C18H25ClN4OS.HI/c1-13(24-4)17-22-16(12-25-17)11-23(3)18(20-2)21-9-8-14-6-5-7-15(19)10-14;/h5-7,10,12-13H,8-9,11H2,1-4H3,(H,20,21);1H. The first-order valence-corrected chi connectivity index (χ1v) is 9.42. The van der Waals surface area contributed by atoms with Gasteiger partial charge < -0.3 is 15.0 Å². The number of guanidine groups is 1. The third-order valence-electron chi connectivity index (χ3n) is 3.83. The Morgan fingerprint density at radius 1 is 1.46 bits per heavy atom. The van der Waals surface area contributed by atoms with E-state index in [4.69, 9.17) is 16.3 Å². The van der Waals surface area contributed by atoms with E-state index in [1.54, 1.807) is 25.5 Å². The third-order valence-corrected chi connectivity index (χ3v) is 5.12. The van der Waals surface area contributed by atoms with Crippen LogP contribution in [-0.4, -0.2) is 43.6 Å². The summed E-state index contributed by atoms with van der Waals surface area (Å²) < 4.78 is 5.32. The number of methoxy groups -OCH3 is 1. The normalized spacial score (nSPS) is 12.4. The Morgan fingerprint density at radius 3 is 2.88 bits per heavy atom. The van der Waals surface area contributed by atoms with Crippen LogP contribution in [0.15, 0.2) is 34.6 Å². The minimum absolute atomic E-state index is 0. The second kappa shape index (κ2) is 11.7. The van der Waals surface area contributed by atoms with Gasteiger partial charge in [0.25, 0.3) is 0 Å². The predicted octanol–water partition coefficient (Wildman–Crippen LogP) is 4.37. The number of hydrogen-bond donors (Lipinski definition) is 1. The van der Waals surface area contributed by atoms with Crippen LogP contribution in [0.5, 0.6) is 0 Å². The van der Waals surface area contributed by atoms with Crippen LogP contribution in [0.3, 0.4) is 0 Å². The molecule has 5 nitrogen and oxygen atoms in total. The monoisotopic (exact) mass is 508 g/mol. The first-order valence-electron chi connectivity index (χ1n) is 8.16. The smallest absolute Gasteiger partial charge is 0.193 e. The van der Waals surface area contributed by atoms with Gasteiger partial charge in [-0.1, -0.05) is 23.7 Å². The van der Waals surface area contributed by atoms with E-state index in [1.807, 2.05) is 32.2 Å². The summed E-state index contributed by atoms with van der Waals surface area (Å²) >= 11 is 7.65. The van der Waals surface area contributed by atoms with Gasteiger partial charge in [0.2, 0.25) is 0 Å². The van der Waals surface area contributed by atoms with Crippen molar-refractivity contribution < 1.29 is 4.74 Å². The number of nitrogens with one attached hydrogen (secondary N) is 1. The lowest BCUT2D eigenvalue weighted by Gasteiger charge is -2.21. The number of hydrogen-bond acceptors (Lipinski definition) is 4. The number of thiazole rings is 1. The maximum atomic E-state index is 6.02. The van der Waals surface area contributed by atoms with Crippen LogP contribution in [0.4, 0.5) is 0 Å². The lowest BCUT2D eigenvalue weighted by molar-refractivity contribution is 0.119.